The summed E-state index contributed by atoms with van der Waals surface area (Å²) in [4.78, 5) is 25.6. The summed E-state index contributed by atoms with van der Waals surface area (Å²) in [6.07, 6.45) is 0.143. The lowest BCUT2D eigenvalue weighted by atomic mass is 10.0. The molecule has 3 rings (SSSR count). The number of rotatable bonds is 2. The number of hydrogen-bond donors (Lipinski definition) is 3. The van der Waals surface area contributed by atoms with Crippen LogP contribution in [0.4, 0.5) is 16.2 Å². The van der Waals surface area contributed by atoms with Crippen LogP contribution in [-0.4, -0.2) is 53.9 Å². The average Bonchev–Trinajstić information content (AvgIpc) is 2.55. The van der Waals surface area contributed by atoms with E-state index in [1.54, 1.807) is 0 Å². The van der Waals surface area contributed by atoms with Crippen LogP contribution in [-0.2, 0) is 4.79 Å². The van der Waals surface area contributed by atoms with Crippen molar-refractivity contribution in [1.29, 1.82) is 0 Å². The van der Waals surface area contributed by atoms with Gasteiger partial charge in [0.05, 0.1) is 17.1 Å². The molecule has 1 aromatic rings. The number of amides is 2. The van der Waals surface area contributed by atoms with Crippen LogP contribution in [0.3, 0.4) is 0 Å². The first-order valence-corrected chi connectivity index (χ1v) is 7.53. The third kappa shape index (κ3) is 3.20. The van der Waals surface area contributed by atoms with Crippen LogP contribution in [0.15, 0.2) is 23.3 Å². The second-order valence-electron chi connectivity index (χ2n) is 5.62. The van der Waals surface area contributed by atoms with Gasteiger partial charge >= 0.3 is 6.09 Å². The first-order chi connectivity index (χ1) is 11.0. The summed E-state index contributed by atoms with van der Waals surface area (Å²) in [5.41, 5.74) is 11.9. The highest BCUT2D eigenvalue weighted by atomic mass is 16.4. The van der Waals surface area contributed by atoms with Gasteiger partial charge in [-0.15, -0.1) is 0 Å². The Hall–Kier alpha value is -2.77. The summed E-state index contributed by atoms with van der Waals surface area (Å²) >= 11 is 0. The van der Waals surface area contributed by atoms with Gasteiger partial charge < -0.3 is 20.6 Å². The van der Waals surface area contributed by atoms with Crippen LogP contribution >= 0.6 is 0 Å². The predicted octanol–water partition coefficient (Wildman–Crippen LogP) is 0.683. The zero-order chi connectivity index (χ0) is 16.4. The molecule has 1 fully saturated rings. The fraction of sp³-hybridized carbons (Fsp3) is 0.400. The average molecular weight is 317 g/mol. The van der Waals surface area contributed by atoms with Crippen molar-refractivity contribution in [3.05, 3.63) is 23.8 Å². The van der Waals surface area contributed by atoms with E-state index in [1.807, 2.05) is 18.2 Å². The maximum Gasteiger partial charge on any atom is 0.407 e. The summed E-state index contributed by atoms with van der Waals surface area (Å²) in [6, 6.07) is 5.72. The molecule has 0 aromatic heterocycles. The Kier molecular flexibility index (Phi) is 4.05. The van der Waals surface area contributed by atoms with Crippen LogP contribution < -0.4 is 16.1 Å². The Labute approximate surface area is 133 Å². The monoisotopic (exact) mass is 317 g/mol. The fourth-order valence-electron chi connectivity index (χ4n) is 2.84. The van der Waals surface area contributed by atoms with Gasteiger partial charge in [0.2, 0.25) is 5.91 Å². The van der Waals surface area contributed by atoms with Gasteiger partial charge in [-0.2, -0.15) is 5.10 Å². The molecule has 2 amide bonds. The maximum absolute atomic E-state index is 11.1. The van der Waals surface area contributed by atoms with E-state index in [1.165, 1.54) is 4.90 Å². The minimum Gasteiger partial charge on any atom is -0.465 e. The molecule has 1 aromatic carbocycles. The summed E-state index contributed by atoms with van der Waals surface area (Å²) in [7, 11) is 0. The van der Waals surface area contributed by atoms with Gasteiger partial charge in [-0.1, -0.05) is 6.07 Å². The molecule has 0 atom stereocenters. The molecule has 0 unspecified atom stereocenters. The second-order valence-corrected chi connectivity index (χ2v) is 5.62. The Bertz CT molecular complexity index is 665. The molecule has 2 aliphatic rings. The molecule has 0 bridgehead atoms. The number of nitrogens with two attached hydrogens (primary N) is 1. The van der Waals surface area contributed by atoms with E-state index in [4.69, 9.17) is 10.8 Å². The molecule has 122 valence electrons. The smallest absolute Gasteiger partial charge is 0.407 e. The van der Waals surface area contributed by atoms with Crippen molar-refractivity contribution in [2.75, 3.05) is 36.8 Å². The molecule has 0 saturated carbocycles. The van der Waals surface area contributed by atoms with Crippen molar-refractivity contribution in [2.24, 2.45) is 5.10 Å². The van der Waals surface area contributed by atoms with E-state index in [0.717, 1.165) is 17.0 Å². The number of nitrogen functional groups attached to an aromatic ring is 1. The molecule has 2 aliphatic heterocycles. The molecule has 1 saturated heterocycles. The van der Waals surface area contributed by atoms with Crippen LogP contribution in [0.25, 0.3) is 0 Å². The summed E-state index contributed by atoms with van der Waals surface area (Å²) < 4.78 is 0. The minimum absolute atomic E-state index is 0.0744. The van der Waals surface area contributed by atoms with Gasteiger partial charge in [0.15, 0.2) is 0 Å². The normalized spacial score (nSPS) is 18.4. The van der Waals surface area contributed by atoms with Crippen molar-refractivity contribution in [1.82, 2.24) is 10.3 Å². The zero-order valence-electron chi connectivity index (χ0n) is 12.7. The van der Waals surface area contributed by atoms with Gasteiger partial charge in [-0.3, -0.25) is 4.79 Å². The molecule has 0 aliphatic carbocycles. The molecule has 8 nitrogen and oxygen atoms in total. The molecule has 8 heteroatoms. The Morgan fingerprint density at radius 1 is 1.22 bits per heavy atom. The predicted molar refractivity (Wildman–Crippen MR) is 86.6 cm³/mol. The highest BCUT2D eigenvalue weighted by Gasteiger charge is 2.22. The summed E-state index contributed by atoms with van der Waals surface area (Å²) in [5, 5.41) is 13.1. The first-order valence-electron chi connectivity index (χ1n) is 7.53. The number of piperazine rings is 1. The number of carbonyl (C=O) groups is 2. The van der Waals surface area contributed by atoms with E-state index in [2.05, 4.69) is 15.4 Å². The van der Waals surface area contributed by atoms with Gasteiger partial charge in [-0.05, 0) is 17.7 Å². The zero-order valence-corrected chi connectivity index (χ0v) is 12.7. The van der Waals surface area contributed by atoms with Crippen molar-refractivity contribution in [2.45, 2.75) is 12.8 Å². The van der Waals surface area contributed by atoms with Gasteiger partial charge in [0, 0.05) is 39.0 Å². The summed E-state index contributed by atoms with van der Waals surface area (Å²) in [5.74, 6) is -0.0744. The van der Waals surface area contributed by atoms with E-state index in [0.29, 0.717) is 44.7 Å². The van der Waals surface area contributed by atoms with E-state index < -0.39 is 6.09 Å². The molecule has 2 heterocycles. The number of hydrazone groups is 1. The largest absolute Gasteiger partial charge is 0.465 e. The van der Waals surface area contributed by atoms with Crippen molar-refractivity contribution >= 4 is 29.1 Å². The van der Waals surface area contributed by atoms with Crippen molar-refractivity contribution in [3.8, 4) is 0 Å². The van der Waals surface area contributed by atoms with E-state index in [9.17, 15) is 9.59 Å². The number of carboxylic acid groups (broad SMARTS) is 1. The van der Waals surface area contributed by atoms with E-state index >= 15 is 0 Å². The molecule has 23 heavy (non-hydrogen) atoms. The minimum atomic E-state index is -0.884. The number of carbonyl (C=O) groups excluding carboxylic acids is 1. The topological polar surface area (TPSA) is 111 Å². The number of hydrogen-bond acceptors (Lipinski definition) is 5. The SMILES string of the molecule is Nc1cc(C2=NNC(=O)CC2)ccc1N1CCN(C(=O)O)CC1. The third-order valence-corrected chi connectivity index (χ3v) is 4.16. The van der Waals surface area contributed by atoms with Crippen molar-refractivity contribution < 1.29 is 14.7 Å². The van der Waals surface area contributed by atoms with E-state index in [-0.39, 0.29) is 5.91 Å². The second kappa shape index (κ2) is 6.15. The Morgan fingerprint density at radius 3 is 2.52 bits per heavy atom. The first kappa shape index (κ1) is 15.1. The summed E-state index contributed by atoms with van der Waals surface area (Å²) in [6.45, 7) is 2.17. The third-order valence-electron chi connectivity index (χ3n) is 4.16. The molecule has 0 radical (unpaired) electrons. The van der Waals surface area contributed by atoms with Crippen LogP contribution in [0.1, 0.15) is 18.4 Å². The number of anilines is 2. The maximum atomic E-state index is 11.1. The quantitative estimate of drug-likeness (QED) is 0.695. The van der Waals surface area contributed by atoms with Crippen LogP contribution in [0, 0.1) is 0 Å². The van der Waals surface area contributed by atoms with Crippen molar-refractivity contribution in [3.63, 3.8) is 0 Å². The molecule has 4 N–H and O–H groups in total. The highest BCUT2D eigenvalue weighted by molar-refractivity contribution is 6.05. The van der Waals surface area contributed by atoms with Gasteiger partial charge in [0.25, 0.3) is 0 Å². The Balaban J connectivity index is 1.73. The number of nitrogens with one attached hydrogen (secondary N) is 1. The highest BCUT2D eigenvalue weighted by Crippen LogP contribution is 2.26. The lowest BCUT2D eigenvalue weighted by molar-refractivity contribution is -0.121. The van der Waals surface area contributed by atoms with Crippen LogP contribution in [0.5, 0.6) is 0 Å². The number of nitrogens with zero attached hydrogens (tertiary/aromatic N) is 3. The lowest BCUT2D eigenvalue weighted by Crippen LogP contribution is -2.48. The van der Waals surface area contributed by atoms with Crippen LogP contribution in [0.2, 0.25) is 0 Å². The number of benzene rings is 1. The molecule has 0 spiro atoms. The fourth-order valence-corrected chi connectivity index (χ4v) is 2.84. The molecular weight excluding hydrogens is 298 g/mol. The van der Waals surface area contributed by atoms with Gasteiger partial charge in [-0.25, -0.2) is 10.2 Å². The van der Waals surface area contributed by atoms with Gasteiger partial charge in [0.1, 0.15) is 0 Å². The lowest BCUT2D eigenvalue weighted by Gasteiger charge is -2.35. The standard InChI is InChI=1S/C15H19N5O3/c16-11-9-10(12-2-4-14(21)18-17-12)1-3-13(11)19-5-7-20(8-6-19)15(22)23/h1,3,9H,2,4-8,16H2,(H,18,21)(H,22,23). The Morgan fingerprint density at radius 2 is 1.96 bits per heavy atom. The molecular formula is C15H19N5O3.